The molecule has 5 nitrogen and oxygen atoms in total. The number of nitrogens with zero attached hydrogens (tertiary/aromatic N) is 2. The first-order valence-corrected chi connectivity index (χ1v) is 7.12. The van der Waals surface area contributed by atoms with Crippen LogP contribution in [0.3, 0.4) is 0 Å². The Labute approximate surface area is 127 Å². The van der Waals surface area contributed by atoms with E-state index in [9.17, 15) is 4.79 Å². The molecule has 0 saturated carbocycles. The van der Waals surface area contributed by atoms with Crippen LogP contribution in [0, 0.1) is 0 Å². The van der Waals surface area contributed by atoms with Gasteiger partial charge in [-0.25, -0.2) is 4.98 Å². The third-order valence-corrected chi connectivity index (χ3v) is 4.06. The van der Waals surface area contributed by atoms with E-state index >= 15 is 0 Å². The minimum Gasteiger partial charge on any atom is -0.368 e. The molecule has 2 heterocycles. The Bertz CT molecular complexity index is 885. The van der Waals surface area contributed by atoms with Gasteiger partial charge in [-0.1, -0.05) is 42.5 Å². The van der Waals surface area contributed by atoms with Gasteiger partial charge in [0.25, 0.3) is 0 Å². The van der Waals surface area contributed by atoms with Crippen molar-refractivity contribution in [1.29, 1.82) is 0 Å². The second-order valence-corrected chi connectivity index (χ2v) is 5.42. The predicted molar refractivity (Wildman–Crippen MR) is 85.5 cm³/mol. The van der Waals surface area contributed by atoms with Gasteiger partial charge in [0.1, 0.15) is 5.82 Å². The quantitative estimate of drug-likeness (QED) is 0.721. The number of aromatic nitrogens is 2. The molecule has 3 aromatic rings. The lowest BCUT2D eigenvalue weighted by Crippen LogP contribution is -2.29. The molecule has 1 unspecified atom stereocenters. The molecule has 1 aliphatic rings. The number of benzene rings is 2. The highest BCUT2D eigenvalue weighted by Crippen LogP contribution is 2.33. The van der Waals surface area contributed by atoms with Crippen LogP contribution in [0.1, 0.15) is 17.0 Å². The SMILES string of the molecule is Nc1ncc2c(n1)NC(=O)C(c1cccc3ccccc13)C2. The lowest BCUT2D eigenvalue weighted by molar-refractivity contribution is -0.117. The molecule has 3 N–H and O–H groups in total. The number of anilines is 2. The zero-order chi connectivity index (χ0) is 15.1. The van der Waals surface area contributed by atoms with E-state index in [-0.39, 0.29) is 17.8 Å². The number of nitrogen functional groups attached to an aromatic ring is 1. The first kappa shape index (κ1) is 12.8. The Morgan fingerprint density at radius 1 is 1.14 bits per heavy atom. The molecular weight excluding hydrogens is 276 g/mol. The summed E-state index contributed by atoms with van der Waals surface area (Å²) in [5, 5.41) is 5.08. The maximum Gasteiger partial charge on any atom is 0.233 e. The van der Waals surface area contributed by atoms with Crippen molar-refractivity contribution >= 4 is 28.4 Å². The van der Waals surface area contributed by atoms with E-state index in [0.717, 1.165) is 21.9 Å². The van der Waals surface area contributed by atoms with Crippen molar-refractivity contribution in [3.63, 3.8) is 0 Å². The topological polar surface area (TPSA) is 80.9 Å². The summed E-state index contributed by atoms with van der Waals surface area (Å²) < 4.78 is 0. The van der Waals surface area contributed by atoms with Crippen molar-refractivity contribution in [2.45, 2.75) is 12.3 Å². The minimum absolute atomic E-state index is 0.0537. The summed E-state index contributed by atoms with van der Waals surface area (Å²) in [5.41, 5.74) is 7.51. The van der Waals surface area contributed by atoms with Crippen LogP contribution in [0.25, 0.3) is 10.8 Å². The Hall–Kier alpha value is -2.95. The number of amides is 1. The standard InChI is InChI=1S/C17H14N4O/c18-17-19-9-11-8-14(16(22)20-15(11)21-17)13-7-3-5-10-4-1-2-6-12(10)13/h1-7,9,14H,8H2,(H3,18,19,20,21,22). The lowest BCUT2D eigenvalue weighted by atomic mass is 9.86. The van der Waals surface area contributed by atoms with Gasteiger partial charge in [-0.05, 0) is 22.8 Å². The molecular formula is C17H14N4O. The Morgan fingerprint density at radius 3 is 2.86 bits per heavy atom. The van der Waals surface area contributed by atoms with Gasteiger partial charge in [-0.3, -0.25) is 4.79 Å². The largest absolute Gasteiger partial charge is 0.368 e. The fourth-order valence-corrected chi connectivity index (χ4v) is 3.00. The highest BCUT2D eigenvalue weighted by Gasteiger charge is 2.29. The van der Waals surface area contributed by atoms with Gasteiger partial charge in [-0.2, -0.15) is 4.98 Å². The number of nitrogens with one attached hydrogen (secondary N) is 1. The Morgan fingerprint density at radius 2 is 1.95 bits per heavy atom. The molecule has 1 atom stereocenters. The minimum atomic E-state index is -0.245. The van der Waals surface area contributed by atoms with Crippen molar-refractivity contribution < 1.29 is 4.79 Å². The number of carbonyl (C=O) groups excluding carboxylic acids is 1. The molecule has 0 bridgehead atoms. The van der Waals surface area contributed by atoms with E-state index in [2.05, 4.69) is 27.4 Å². The van der Waals surface area contributed by atoms with E-state index in [1.54, 1.807) is 6.20 Å². The first-order valence-electron chi connectivity index (χ1n) is 7.12. The molecule has 22 heavy (non-hydrogen) atoms. The number of nitrogens with two attached hydrogens (primary N) is 1. The van der Waals surface area contributed by atoms with Gasteiger partial charge in [-0.15, -0.1) is 0 Å². The molecule has 0 radical (unpaired) electrons. The number of carbonyl (C=O) groups is 1. The second-order valence-electron chi connectivity index (χ2n) is 5.42. The summed E-state index contributed by atoms with van der Waals surface area (Å²) in [4.78, 5) is 20.6. The van der Waals surface area contributed by atoms with Crippen LogP contribution >= 0.6 is 0 Å². The maximum atomic E-state index is 12.5. The van der Waals surface area contributed by atoms with Gasteiger partial charge in [0.15, 0.2) is 0 Å². The highest BCUT2D eigenvalue weighted by molar-refractivity contribution is 6.01. The fourth-order valence-electron chi connectivity index (χ4n) is 3.00. The second kappa shape index (κ2) is 4.80. The summed E-state index contributed by atoms with van der Waals surface area (Å²) in [5.74, 6) is 0.393. The molecule has 108 valence electrons. The predicted octanol–water partition coefficient (Wildman–Crippen LogP) is 2.49. The molecule has 0 saturated heterocycles. The smallest absolute Gasteiger partial charge is 0.233 e. The lowest BCUT2D eigenvalue weighted by Gasteiger charge is -2.24. The molecule has 1 aromatic heterocycles. The Balaban J connectivity index is 1.82. The van der Waals surface area contributed by atoms with Crippen LogP contribution in [-0.4, -0.2) is 15.9 Å². The monoisotopic (exact) mass is 290 g/mol. The van der Waals surface area contributed by atoms with E-state index in [1.165, 1.54) is 0 Å². The van der Waals surface area contributed by atoms with E-state index in [4.69, 9.17) is 5.73 Å². The number of fused-ring (bicyclic) bond motifs is 2. The summed E-state index contributed by atoms with van der Waals surface area (Å²) in [6.45, 7) is 0. The summed E-state index contributed by atoms with van der Waals surface area (Å²) in [6, 6.07) is 14.1. The van der Waals surface area contributed by atoms with E-state index < -0.39 is 0 Å². The molecule has 5 heteroatoms. The normalized spacial score (nSPS) is 17.1. The average Bonchev–Trinajstić information content (AvgIpc) is 2.54. The molecule has 1 amide bonds. The fraction of sp³-hybridized carbons (Fsp3) is 0.118. The third-order valence-electron chi connectivity index (χ3n) is 4.06. The van der Waals surface area contributed by atoms with Crippen LogP contribution in [0.15, 0.2) is 48.7 Å². The van der Waals surface area contributed by atoms with Crippen molar-refractivity contribution in [3.05, 3.63) is 59.8 Å². The zero-order valence-corrected chi connectivity index (χ0v) is 11.8. The van der Waals surface area contributed by atoms with Gasteiger partial charge in [0, 0.05) is 11.8 Å². The van der Waals surface area contributed by atoms with Crippen LogP contribution in [-0.2, 0) is 11.2 Å². The van der Waals surface area contributed by atoms with Crippen molar-refractivity contribution in [2.24, 2.45) is 0 Å². The number of hydrogen-bond donors (Lipinski definition) is 2. The van der Waals surface area contributed by atoms with Crippen LogP contribution < -0.4 is 11.1 Å². The highest BCUT2D eigenvalue weighted by atomic mass is 16.2. The first-order chi connectivity index (χ1) is 10.7. The molecule has 0 spiro atoms. The Kier molecular flexibility index (Phi) is 2.79. The maximum absolute atomic E-state index is 12.5. The van der Waals surface area contributed by atoms with Crippen molar-refractivity contribution in [1.82, 2.24) is 9.97 Å². The molecule has 2 aromatic carbocycles. The van der Waals surface area contributed by atoms with Crippen LogP contribution in [0.5, 0.6) is 0 Å². The summed E-state index contributed by atoms with van der Waals surface area (Å²) >= 11 is 0. The number of hydrogen-bond acceptors (Lipinski definition) is 4. The van der Waals surface area contributed by atoms with Crippen molar-refractivity contribution in [3.8, 4) is 0 Å². The van der Waals surface area contributed by atoms with E-state index in [1.807, 2.05) is 30.3 Å². The third kappa shape index (κ3) is 1.98. The van der Waals surface area contributed by atoms with Crippen LogP contribution in [0.2, 0.25) is 0 Å². The van der Waals surface area contributed by atoms with Gasteiger partial charge in [0.05, 0.1) is 5.92 Å². The number of rotatable bonds is 1. The zero-order valence-electron chi connectivity index (χ0n) is 11.8. The van der Waals surface area contributed by atoms with Gasteiger partial charge in [0.2, 0.25) is 11.9 Å². The molecule has 1 aliphatic heterocycles. The van der Waals surface area contributed by atoms with Gasteiger partial charge < -0.3 is 11.1 Å². The van der Waals surface area contributed by atoms with Crippen molar-refractivity contribution in [2.75, 3.05) is 11.1 Å². The summed E-state index contributed by atoms with van der Waals surface area (Å²) in [6.07, 6.45) is 2.27. The summed E-state index contributed by atoms with van der Waals surface area (Å²) in [7, 11) is 0. The molecule has 0 fully saturated rings. The van der Waals surface area contributed by atoms with Crippen LogP contribution in [0.4, 0.5) is 11.8 Å². The van der Waals surface area contributed by atoms with E-state index in [0.29, 0.717) is 12.2 Å². The average molecular weight is 290 g/mol. The molecule has 0 aliphatic carbocycles. The van der Waals surface area contributed by atoms with Gasteiger partial charge >= 0.3 is 0 Å². The molecule has 4 rings (SSSR count).